The Morgan fingerprint density at radius 3 is 2.33 bits per heavy atom. The quantitative estimate of drug-likeness (QED) is 0.560. The molecule has 0 aliphatic carbocycles. The average Bonchev–Trinajstić information content (AvgIpc) is 1.95. The highest BCUT2D eigenvalue weighted by molar-refractivity contribution is 5.54. The first-order valence-electron chi connectivity index (χ1n) is 4.14. The molecule has 0 N–H and O–H groups in total. The summed E-state index contributed by atoms with van der Waals surface area (Å²) in [6.07, 6.45) is 0.00444. The average molecular weight is 172 g/mol. The monoisotopic (exact) mass is 172 g/mol. The number of ether oxygens (including phenoxy) is 2. The maximum absolute atomic E-state index is 10.4. The molecule has 1 fully saturated rings. The fourth-order valence-electron chi connectivity index (χ4n) is 1.02. The summed E-state index contributed by atoms with van der Waals surface area (Å²) >= 11 is 0. The summed E-state index contributed by atoms with van der Waals surface area (Å²) in [4.78, 5) is 10.4. The number of carbonyl (C=O) groups excluding carboxylic acids is 1. The van der Waals surface area contributed by atoms with E-state index >= 15 is 0 Å². The second kappa shape index (κ2) is 2.82. The van der Waals surface area contributed by atoms with E-state index in [0.717, 1.165) is 0 Å². The summed E-state index contributed by atoms with van der Waals surface area (Å²) in [5.74, 6) is 0. The maximum Gasteiger partial charge on any atom is 0.215 e. The second-order valence-electron chi connectivity index (χ2n) is 4.33. The molecular formula is C9H16O3. The van der Waals surface area contributed by atoms with E-state index in [0.29, 0.717) is 12.9 Å². The van der Waals surface area contributed by atoms with Gasteiger partial charge in [0.15, 0.2) is 6.29 Å². The smallest absolute Gasteiger partial charge is 0.215 e. The molecule has 1 atom stereocenters. The van der Waals surface area contributed by atoms with Crippen LogP contribution in [0.2, 0.25) is 0 Å². The van der Waals surface area contributed by atoms with E-state index in [9.17, 15) is 4.79 Å². The first-order valence-corrected chi connectivity index (χ1v) is 4.14. The van der Waals surface area contributed by atoms with Gasteiger partial charge in [-0.3, -0.25) is 4.79 Å². The van der Waals surface area contributed by atoms with Crippen molar-refractivity contribution in [2.45, 2.75) is 39.6 Å². The Bertz CT molecular complexity index is 184. The van der Waals surface area contributed by atoms with Crippen molar-refractivity contribution in [1.82, 2.24) is 0 Å². The standard InChI is InChI=1S/C9H16O3/c1-8(2)6-11-7(5-10)12-9(8,3)4/h5,7H,6H2,1-4H3. The summed E-state index contributed by atoms with van der Waals surface area (Å²) < 4.78 is 10.6. The zero-order valence-corrected chi connectivity index (χ0v) is 8.09. The molecule has 1 saturated heterocycles. The lowest BCUT2D eigenvalue weighted by Crippen LogP contribution is -2.53. The fraction of sp³-hybridized carbons (Fsp3) is 0.889. The highest BCUT2D eigenvalue weighted by Gasteiger charge is 2.44. The molecule has 0 saturated carbocycles. The number of hydrogen-bond donors (Lipinski definition) is 0. The summed E-state index contributed by atoms with van der Waals surface area (Å²) in [6.45, 7) is 8.64. The van der Waals surface area contributed by atoms with Crippen LogP contribution in [0.1, 0.15) is 27.7 Å². The molecule has 0 amide bonds. The van der Waals surface area contributed by atoms with Crippen LogP contribution in [0.3, 0.4) is 0 Å². The second-order valence-corrected chi connectivity index (χ2v) is 4.33. The predicted molar refractivity (Wildman–Crippen MR) is 44.7 cm³/mol. The molecule has 0 bridgehead atoms. The van der Waals surface area contributed by atoms with Gasteiger partial charge in [-0.05, 0) is 13.8 Å². The lowest BCUT2D eigenvalue weighted by atomic mass is 9.77. The van der Waals surface area contributed by atoms with Crippen LogP contribution in [0.15, 0.2) is 0 Å². The highest BCUT2D eigenvalue weighted by atomic mass is 16.7. The normalized spacial score (nSPS) is 32.8. The lowest BCUT2D eigenvalue weighted by molar-refractivity contribution is -0.278. The van der Waals surface area contributed by atoms with E-state index in [2.05, 4.69) is 13.8 Å². The van der Waals surface area contributed by atoms with Crippen LogP contribution in [0, 0.1) is 5.41 Å². The third-order valence-electron chi connectivity index (χ3n) is 2.76. The summed E-state index contributed by atoms with van der Waals surface area (Å²) in [5, 5.41) is 0. The molecule has 3 nitrogen and oxygen atoms in total. The molecule has 0 spiro atoms. The molecule has 0 aromatic rings. The van der Waals surface area contributed by atoms with Crippen molar-refractivity contribution in [3.05, 3.63) is 0 Å². The Morgan fingerprint density at radius 2 is 1.92 bits per heavy atom. The van der Waals surface area contributed by atoms with Gasteiger partial charge in [0.1, 0.15) is 0 Å². The van der Waals surface area contributed by atoms with Crippen molar-refractivity contribution in [2.75, 3.05) is 6.61 Å². The Balaban J connectivity index is 2.74. The van der Waals surface area contributed by atoms with Gasteiger partial charge in [0.2, 0.25) is 6.29 Å². The van der Waals surface area contributed by atoms with Crippen molar-refractivity contribution in [2.24, 2.45) is 5.41 Å². The zero-order chi connectivity index (χ0) is 9.41. The van der Waals surface area contributed by atoms with Crippen LogP contribution in [-0.2, 0) is 14.3 Å². The van der Waals surface area contributed by atoms with Gasteiger partial charge in [0.25, 0.3) is 0 Å². The van der Waals surface area contributed by atoms with Gasteiger partial charge < -0.3 is 9.47 Å². The topological polar surface area (TPSA) is 35.5 Å². The third kappa shape index (κ3) is 1.52. The van der Waals surface area contributed by atoms with Gasteiger partial charge in [-0.1, -0.05) is 13.8 Å². The largest absolute Gasteiger partial charge is 0.346 e. The molecular weight excluding hydrogens is 156 g/mol. The molecule has 70 valence electrons. The van der Waals surface area contributed by atoms with E-state index in [1.807, 2.05) is 13.8 Å². The van der Waals surface area contributed by atoms with E-state index in [-0.39, 0.29) is 11.0 Å². The molecule has 0 radical (unpaired) electrons. The third-order valence-corrected chi connectivity index (χ3v) is 2.76. The summed E-state index contributed by atoms with van der Waals surface area (Å²) in [6, 6.07) is 0. The number of aldehydes is 1. The Labute approximate surface area is 73.0 Å². The molecule has 0 aromatic heterocycles. The minimum Gasteiger partial charge on any atom is -0.346 e. The highest BCUT2D eigenvalue weighted by Crippen LogP contribution is 2.38. The Morgan fingerprint density at radius 1 is 1.33 bits per heavy atom. The fourth-order valence-corrected chi connectivity index (χ4v) is 1.02. The van der Waals surface area contributed by atoms with Crippen molar-refractivity contribution in [3.63, 3.8) is 0 Å². The first-order chi connectivity index (χ1) is 5.39. The van der Waals surface area contributed by atoms with Crippen molar-refractivity contribution in [3.8, 4) is 0 Å². The molecule has 1 aliphatic rings. The molecule has 1 aliphatic heterocycles. The van der Waals surface area contributed by atoms with Gasteiger partial charge in [-0.25, -0.2) is 0 Å². The van der Waals surface area contributed by atoms with Crippen LogP contribution in [-0.4, -0.2) is 24.8 Å². The van der Waals surface area contributed by atoms with Gasteiger partial charge in [0.05, 0.1) is 12.2 Å². The van der Waals surface area contributed by atoms with E-state index in [4.69, 9.17) is 9.47 Å². The molecule has 12 heavy (non-hydrogen) atoms. The summed E-state index contributed by atoms with van der Waals surface area (Å²) in [5.41, 5.74) is -0.358. The molecule has 1 unspecified atom stereocenters. The Hall–Kier alpha value is -0.410. The number of rotatable bonds is 1. The van der Waals surface area contributed by atoms with E-state index < -0.39 is 6.29 Å². The number of hydrogen-bond acceptors (Lipinski definition) is 3. The van der Waals surface area contributed by atoms with Crippen LogP contribution in [0.4, 0.5) is 0 Å². The van der Waals surface area contributed by atoms with Crippen molar-refractivity contribution < 1.29 is 14.3 Å². The van der Waals surface area contributed by atoms with Crippen LogP contribution < -0.4 is 0 Å². The molecule has 3 heteroatoms. The molecule has 1 heterocycles. The minimum atomic E-state index is -0.687. The van der Waals surface area contributed by atoms with Gasteiger partial charge >= 0.3 is 0 Å². The maximum atomic E-state index is 10.4. The minimum absolute atomic E-state index is 0.0491. The van der Waals surface area contributed by atoms with Gasteiger partial charge in [0, 0.05) is 5.41 Å². The van der Waals surface area contributed by atoms with Gasteiger partial charge in [-0.15, -0.1) is 0 Å². The first kappa shape index (κ1) is 9.68. The van der Waals surface area contributed by atoms with Crippen LogP contribution >= 0.6 is 0 Å². The summed E-state index contributed by atoms with van der Waals surface area (Å²) in [7, 11) is 0. The van der Waals surface area contributed by atoms with Crippen molar-refractivity contribution in [1.29, 1.82) is 0 Å². The SMILES string of the molecule is CC1(C)COC(C=O)OC1(C)C. The van der Waals surface area contributed by atoms with E-state index in [1.54, 1.807) is 0 Å². The predicted octanol–water partition coefficient (Wildman–Crippen LogP) is 1.36. The lowest BCUT2D eigenvalue weighted by Gasteiger charge is -2.46. The Kier molecular flexibility index (Phi) is 2.27. The zero-order valence-electron chi connectivity index (χ0n) is 8.09. The van der Waals surface area contributed by atoms with Crippen LogP contribution in [0.5, 0.6) is 0 Å². The van der Waals surface area contributed by atoms with Gasteiger partial charge in [-0.2, -0.15) is 0 Å². The molecule has 0 aromatic carbocycles. The van der Waals surface area contributed by atoms with E-state index in [1.165, 1.54) is 0 Å². The molecule has 1 rings (SSSR count). The van der Waals surface area contributed by atoms with Crippen molar-refractivity contribution >= 4 is 6.29 Å². The van der Waals surface area contributed by atoms with Crippen LogP contribution in [0.25, 0.3) is 0 Å². The number of carbonyl (C=O) groups is 1.